The number of aromatic nitrogens is 4. The zero-order chi connectivity index (χ0) is 78.8. The summed E-state index contributed by atoms with van der Waals surface area (Å²) in [7, 11) is 0. The Hall–Kier alpha value is -15.7. The Morgan fingerprint density at radius 3 is 0.931 bits per heavy atom. The summed E-state index contributed by atoms with van der Waals surface area (Å²) >= 11 is 0. The van der Waals surface area contributed by atoms with Gasteiger partial charge in [0, 0.05) is 54.2 Å². The lowest BCUT2D eigenvalue weighted by atomic mass is 9.87. The van der Waals surface area contributed by atoms with Crippen LogP contribution in [-0.2, 0) is 12.4 Å². The minimum atomic E-state index is -4.84. The van der Waals surface area contributed by atoms with Crippen LogP contribution in [0.4, 0.5) is 26.3 Å². The lowest BCUT2D eigenvalue weighted by molar-refractivity contribution is -0.138. The molecule has 0 saturated heterocycles. The van der Waals surface area contributed by atoms with Crippen LogP contribution in [0.1, 0.15) is 33.4 Å². The van der Waals surface area contributed by atoms with Crippen molar-refractivity contribution >= 4 is 87.2 Å². The van der Waals surface area contributed by atoms with Crippen LogP contribution in [0.5, 0.6) is 0 Å². The molecular weight excluding hydrogens is 1450 g/mol. The maximum Gasteiger partial charge on any atom is 0.416 e. The van der Waals surface area contributed by atoms with Crippen LogP contribution >= 0.6 is 0 Å². The number of halogens is 6. The average molecular weight is 1510 g/mol. The number of hydrogen-bond acceptors (Lipinski definition) is 4. The molecule has 0 aliphatic carbocycles. The van der Waals surface area contributed by atoms with Gasteiger partial charge in [0.25, 0.3) is 0 Å². The van der Waals surface area contributed by atoms with Crippen LogP contribution in [0.2, 0.25) is 0 Å². The standard InChI is InChI=1S/C102H56F6N8/c103-101(104,105)73-43-61(57-109)41-69(45-73)80-53-99(113-90-34-18-14-30-76(90)86-47-67(38-40-93(86)113)63-21-5-1-6-22-63)97(49-71(80)59-111)116-91-35-19-15-31-77(91)87-51-82(65-25-9-3-10-26-65)85(56-96(87)116)84-52-88-78-32-16-20-36-92(78)115(95(88)55-83(84)66-27-11-4-12-28-66)98-50-72(60-112)81(70-42-62(58-110)44-74(46-70)102(106,107)108)54-100(98)114-89-33-17-13-29-75(89)79-39-37-68(48-94(79)114)64-23-7-2-8-24-64/h1-56H. The first kappa shape index (κ1) is 69.5. The summed E-state index contributed by atoms with van der Waals surface area (Å²) in [5, 5.41) is 50.9. The second kappa shape index (κ2) is 27.0. The van der Waals surface area contributed by atoms with Crippen LogP contribution in [0.25, 0.3) is 188 Å². The van der Waals surface area contributed by atoms with Gasteiger partial charge in [-0.1, -0.05) is 212 Å². The molecule has 0 saturated carbocycles. The lowest BCUT2D eigenvalue weighted by Crippen LogP contribution is -2.07. The van der Waals surface area contributed by atoms with E-state index in [1.165, 1.54) is 12.1 Å². The molecule has 20 rings (SSSR count). The molecule has 0 N–H and O–H groups in total. The molecule has 0 radical (unpaired) electrons. The van der Waals surface area contributed by atoms with Crippen molar-refractivity contribution in [1.82, 2.24) is 18.3 Å². The van der Waals surface area contributed by atoms with E-state index in [1.807, 2.05) is 176 Å². The molecule has 116 heavy (non-hydrogen) atoms. The first-order chi connectivity index (χ1) is 56.6. The molecule has 4 aromatic heterocycles. The number of alkyl halides is 6. The van der Waals surface area contributed by atoms with Gasteiger partial charge < -0.3 is 18.3 Å². The number of fused-ring (bicyclic) bond motifs is 12. The van der Waals surface area contributed by atoms with Crippen molar-refractivity contribution < 1.29 is 26.3 Å². The summed E-state index contributed by atoms with van der Waals surface area (Å²) in [6, 6.07) is 116. The summed E-state index contributed by atoms with van der Waals surface area (Å²) in [4.78, 5) is 0. The second-order valence-corrected chi connectivity index (χ2v) is 29.0. The van der Waals surface area contributed by atoms with E-state index in [-0.39, 0.29) is 44.5 Å². The SMILES string of the molecule is N#Cc1cc(-c2cc(-n3c4ccccc4c4cc(-c5ccccc5)ccc43)c(-n3c4ccccc4c4cc(-c5ccccc5)c(-c5cc6c7ccccc7n(-c7cc(C#N)c(-c8cc(C#N)cc(C(F)(F)F)c8)cc7-n7c8ccccc8c8ccc(-c9ccccc9)cc87)c6cc5-c5ccccc5)cc43)cc2C#N)cc(C(F)(F)F)c1. The number of hydrogen-bond donors (Lipinski definition) is 0. The molecular formula is C102H56F6N8. The molecule has 0 bridgehead atoms. The third kappa shape index (κ3) is 11.3. The Balaban J connectivity index is 0.900. The zero-order valence-electron chi connectivity index (χ0n) is 61.2. The lowest BCUT2D eigenvalue weighted by Gasteiger charge is -2.21. The van der Waals surface area contributed by atoms with Crippen LogP contribution in [-0.4, -0.2) is 18.3 Å². The van der Waals surface area contributed by atoms with Crippen molar-refractivity contribution in [2.75, 3.05) is 0 Å². The fraction of sp³-hybridized carbons (Fsp3) is 0.0196. The fourth-order valence-electron chi connectivity index (χ4n) is 17.3. The maximum absolute atomic E-state index is 15.1. The summed E-state index contributed by atoms with van der Waals surface area (Å²) in [6.07, 6.45) is -9.68. The van der Waals surface area contributed by atoms with Crippen molar-refractivity contribution in [3.8, 4) is 125 Å². The topological polar surface area (TPSA) is 115 Å². The van der Waals surface area contributed by atoms with E-state index in [1.54, 1.807) is 24.3 Å². The maximum atomic E-state index is 15.1. The number of nitrogens with zero attached hydrogens (tertiary/aromatic N) is 8. The van der Waals surface area contributed by atoms with E-state index in [9.17, 15) is 21.0 Å². The molecule has 0 unspecified atom stereocenters. The van der Waals surface area contributed by atoms with Gasteiger partial charge in [0.05, 0.1) is 125 Å². The van der Waals surface area contributed by atoms with Gasteiger partial charge in [0.2, 0.25) is 0 Å². The summed E-state index contributed by atoms with van der Waals surface area (Å²) in [5.41, 5.74) is 15.0. The molecule has 16 aromatic carbocycles. The van der Waals surface area contributed by atoms with Gasteiger partial charge in [0.15, 0.2) is 0 Å². The molecule has 0 aliphatic heterocycles. The van der Waals surface area contributed by atoms with E-state index in [0.717, 1.165) is 167 Å². The predicted molar refractivity (Wildman–Crippen MR) is 451 cm³/mol. The summed E-state index contributed by atoms with van der Waals surface area (Å²) in [6.45, 7) is 0. The molecule has 0 aliphatic rings. The van der Waals surface area contributed by atoms with E-state index in [4.69, 9.17) is 0 Å². The van der Waals surface area contributed by atoms with Crippen molar-refractivity contribution in [3.63, 3.8) is 0 Å². The average Bonchev–Trinajstić information content (AvgIpc) is 1.55. The molecule has 546 valence electrons. The van der Waals surface area contributed by atoms with Crippen molar-refractivity contribution in [1.29, 1.82) is 21.0 Å². The predicted octanol–water partition coefficient (Wildman–Crippen LogP) is 27.3. The summed E-state index contributed by atoms with van der Waals surface area (Å²) in [5.74, 6) is 0. The van der Waals surface area contributed by atoms with Crippen molar-refractivity contribution in [2.45, 2.75) is 12.4 Å². The molecule has 0 atom stereocenters. The monoisotopic (exact) mass is 1510 g/mol. The highest BCUT2D eigenvalue weighted by Crippen LogP contribution is 2.51. The number of benzene rings is 16. The highest BCUT2D eigenvalue weighted by molar-refractivity contribution is 6.18. The van der Waals surface area contributed by atoms with Gasteiger partial charge in [-0.25, -0.2) is 0 Å². The van der Waals surface area contributed by atoms with Gasteiger partial charge in [-0.3, -0.25) is 0 Å². The Morgan fingerprint density at radius 1 is 0.198 bits per heavy atom. The van der Waals surface area contributed by atoms with Gasteiger partial charge in [-0.2, -0.15) is 47.4 Å². The number of rotatable bonds is 11. The summed E-state index contributed by atoms with van der Waals surface area (Å²) < 4.78 is 99.0. The quantitative estimate of drug-likeness (QED) is 0.120. The van der Waals surface area contributed by atoms with E-state index >= 15 is 26.3 Å². The minimum absolute atomic E-state index is 0.0307. The number of para-hydroxylation sites is 4. The van der Waals surface area contributed by atoms with E-state index in [2.05, 4.69) is 146 Å². The van der Waals surface area contributed by atoms with Crippen LogP contribution in [0.15, 0.2) is 340 Å². The highest BCUT2D eigenvalue weighted by atomic mass is 19.4. The smallest absolute Gasteiger partial charge is 0.307 e. The van der Waals surface area contributed by atoms with Crippen LogP contribution < -0.4 is 0 Å². The molecule has 8 nitrogen and oxygen atoms in total. The van der Waals surface area contributed by atoms with Gasteiger partial charge in [-0.05, 0) is 194 Å². The highest BCUT2D eigenvalue weighted by Gasteiger charge is 2.35. The van der Waals surface area contributed by atoms with Crippen molar-refractivity contribution in [3.05, 3.63) is 373 Å². The Morgan fingerprint density at radius 2 is 0.509 bits per heavy atom. The Kier molecular flexibility index (Phi) is 16.2. The largest absolute Gasteiger partial charge is 0.416 e. The van der Waals surface area contributed by atoms with E-state index < -0.39 is 23.5 Å². The van der Waals surface area contributed by atoms with Crippen LogP contribution in [0.3, 0.4) is 0 Å². The molecule has 4 heterocycles. The number of nitriles is 4. The Labute approximate surface area is 659 Å². The third-order valence-corrected chi connectivity index (χ3v) is 22.5. The van der Waals surface area contributed by atoms with Crippen LogP contribution in [0, 0.1) is 45.3 Å². The first-order valence-electron chi connectivity index (χ1n) is 37.5. The third-order valence-electron chi connectivity index (χ3n) is 22.5. The molecule has 0 amide bonds. The first-order valence-corrected chi connectivity index (χ1v) is 37.5. The molecule has 0 spiro atoms. The van der Waals surface area contributed by atoms with Gasteiger partial charge in [-0.15, -0.1) is 0 Å². The molecule has 0 fully saturated rings. The van der Waals surface area contributed by atoms with Gasteiger partial charge >= 0.3 is 12.4 Å². The second-order valence-electron chi connectivity index (χ2n) is 29.0. The zero-order valence-corrected chi connectivity index (χ0v) is 61.2. The molecule has 20 aromatic rings. The Bertz CT molecular complexity index is 7710. The molecule has 14 heteroatoms. The minimum Gasteiger partial charge on any atom is -0.307 e. The fourth-order valence-corrected chi connectivity index (χ4v) is 17.3. The van der Waals surface area contributed by atoms with Gasteiger partial charge in [0.1, 0.15) is 0 Å². The normalized spacial score (nSPS) is 11.8. The van der Waals surface area contributed by atoms with Crippen molar-refractivity contribution in [2.24, 2.45) is 0 Å². The van der Waals surface area contributed by atoms with E-state index in [0.29, 0.717) is 22.7 Å².